The number of aliphatic carboxylic acids is 1. The highest BCUT2D eigenvalue weighted by Crippen LogP contribution is 2.24. The fourth-order valence-corrected chi connectivity index (χ4v) is 2.44. The summed E-state index contributed by atoms with van der Waals surface area (Å²) in [4.78, 5) is 37.8. The Kier molecular flexibility index (Phi) is 7.88. The van der Waals surface area contributed by atoms with Crippen molar-refractivity contribution in [2.75, 3.05) is 19.6 Å². The standard InChI is InChI=1S/C17H29N3O6/c1-10(2)5-7-19-15(24)13(14(23)18-9-12(21)22)16(25)20(17(19)26)8-6-11(3)4/h10-11,17,24,26H,5-9H2,1-4H3,(H,18,23)(H,21,22). The van der Waals surface area contributed by atoms with Crippen molar-refractivity contribution in [3.05, 3.63) is 11.5 Å². The fraction of sp³-hybridized carbons (Fsp3) is 0.706. The third kappa shape index (κ3) is 5.62. The molecule has 9 heteroatoms. The molecule has 26 heavy (non-hydrogen) atoms. The molecule has 0 fully saturated rings. The number of carbonyl (C=O) groups is 3. The van der Waals surface area contributed by atoms with Gasteiger partial charge in [0.05, 0.1) is 0 Å². The second kappa shape index (κ2) is 9.42. The van der Waals surface area contributed by atoms with Crippen LogP contribution in [-0.2, 0) is 14.4 Å². The average Bonchev–Trinajstić information content (AvgIpc) is 2.51. The summed E-state index contributed by atoms with van der Waals surface area (Å²) in [5.41, 5.74) is -0.552. The van der Waals surface area contributed by atoms with Crippen molar-refractivity contribution in [3.63, 3.8) is 0 Å². The molecule has 4 N–H and O–H groups in total. The molecule has 0 saturated carbocycles. The van der Waals surface area contributed by atoms with E-state index in [0.29, 0.717) is 12.8 Å². The first kappa shape index (κ1) is 21.8. The minimum absolute atomic E-state index is 0.207. The van der Waals surface area contributed by atoms with Crippen molar-refractivity contribution in [1.29, 1.82) is 0 Å². The lowest BCUT2D eigenvalue weighted by Gasteiger charge is -2.41. The van der Waals surface area contributed by atoms with Crippen LogP contribution < -0.4 is 5.32 Å². The van der Waals surface area contributed by atoms with E-state index in [1.165, 1.54) is 4.90 Å². The Balaban J connectivity index is 3.15. The second-order valence-electron chi connectivity index (χ2n) is 7.18. The average molecular weight is 371 g/mol. The summed E-state index contributed by atoms with van der Waals surface area (Å²) in [6.45, 7) is 7.64. The molecule has 0 aliphatic carbocycles. The number of nitrogens with one attached hydrogen (secondary N) is 1. The Morgan fingerprint density at radius 3 is 2.04 bits per heavy atom. The molecule has 0 aromatic rings. The topological polar surface area (TPSA) is 130 Å². The Bertz CT molecular complexity index is 573. The molecule has 1 heterocycles. The monoisotopic (exact) mass is 371 g/mol. The van der Waals surface area contributed by atoms with Gasteiger partial charge in [0, 0.05) is 13.1 Å². The van der Waals surface area contributed by atoms with Crippen LogP contribution in [0.15, 0.2) is 11.5 Å². The quantitative estimate of drug-likeness (QED) is 0.433. The molecule has 9 nitrogen and oxygen atoms in total. The van der Waals surface area contributed by atoms with Crippen LogP contribution in [0, 0.1) is 11.8 Å². The highest BCUT2D eigenvalue weighted by atomic mass is 16.4. The molecule has 1 atom stereocenters. The van der Waals surface area contributed by atoms with Crippen molar-refractivity contribution < 1.29 is 29.7 Å². The Morgan fingerprint density at radius 2 is 1.58 bits per heavy atom. The fourth-order valence-electron chi connectivity index (χ4n) is 2.44. The zero-order valence-corrected chi connectivity index (χ0v) is 15.7. The SMILES string of the molecule is CC(C)CCN1C(=O)C(C(=O)NCC(=O)O)=C(O)N(CCC(C)C)C1O. The van der Waals surface area contributed by atoms with Crippen LogP contribution in [-0.4, -0.2) is 68.9 Å². The van der Waals surface area contributed by atoms with Crippen LogP contribution in [0.25, 0.3) is 0 Å². The normalized spacial score (nSPS) is 18.1. The summed E-state index contributed by atoms with van der Waals surface area (Å²) >= 11 is 0. The van der Waals surface area contributed by atoms with Crippen LogP contribution in [0.2, 0.25) is 0 Å². The molecule has 0 bridgehead atoms. The van der Waals surface area contributed by atoms with Gasteiger partial charge in [-0.25, -0.2) is 0 Å². The van der Waals surface area contributed by atoms with E-state index in [9.17, 15) is 24.6 Å². The summed E-state index contributed by atoms with van der Waals surface area (Å²) < 4.78 is 0. The summed E-state index contributed by atoms with van der Waals surface area (Å²) in [5.74, 6) is -3.16. The van der Waals surface area contributed by atoms with E-state index in [-0.39, 0.29) is 24.9 Å². The third-order valence-electron chi connectivity index (χ3n) is 4.05. The molecule has 148 valence electrons. The predicted octanol–water partition coefficient (Wildman–Crippen LogP) is 0.469. The van der Waals surface area contributed by atoms with E-state index in [4.69, 9.17) is 5.11 Å². The van der Waals surface area contributed by atoms with Gasteiger partial charge in [-0.2, -0.15) is 0 Å². The molecule has 0 radical (unpaired) electrons. The summed E-state index contributed by atoms with van der Waals surface area (Å²) in [6, 6.07) is 0. The molecule has 1 aliphatic heterocycles. The number of aliphatic hydroxyl groups excluding tert-OH is 2. The van der Waals surface area contributed by atoms with Crippen LogP contribution in [0.4, 0.5) is 0 Å². The zero-order chi connectivity index (χ0) is 20.0. The van der Waals surface area contributed by atoms with Crippen molar-refractivity contribution in [2.45, 2.75) is 46.9 Å². The van der Waals surface area contributed by atoms with E-state index >= 15 is 0 Å². The summed E-state index contributed by atoms with van der Waals surface area (Å²) in [6.07, 6.45) is -0.154. The predicted molar refractivity (Wildman–Crippen MR) is 93.6 cm³/mol. The van der Waals surface area contributed by atoms with Crippen LogP contribution >= 0.6 is 0 Å². The first-order chi connectivity index (χ1) is 12.1. The zero-order valence-electron chi connectivity index (χ0n) is 15.7. The Hall–Kier alpha value is -2.29. The van der Waals surface area contributed by atoms with Gasteiger partial charge in [0.2, 0.25) is 12.2 Å². The van der Waals surface area contributed by atoms with Gasteiger partial charge in [-0.05, 0) is 24.7 Å². The number of amides is 2. The number of nitrogens with zero attached hydrogens (tertiary/aromatic N) is 2. The lowest BCUT2D eigenvalue weighted by atomic mass is 10.1. The molecule has 0 spiro atoms. The highest BCUT2D eigenvalue weighted by Gasteiger charge is 2.41. The van der Waals surface area contributed by atoms with Gasteiger partial charge in [0.25, 0.3) is 11.8 Å². The maximum atomic E-state index is 12.6. The number of carboxylic acid groups (broad SMARTS) is 1. The first-order valence-corrected chi connectivity index (χ1v) is 8.75. The van der Waals surface area contributed by atoms with Gasteiger partial charge in [-0.15, -0.1) is 0 Å². The molecular formula is C17H29N3O6. The smallest absolute Gasteiger partial charge is 0.322 e. The van der Waals surface area contributed by atoms with E-state index in [2.05, 4.69) is 5.32 Å². The van der Waals surface area contributed by atoms with Crippen molar-refractivity contribution in [2.24, 2.45) is 11.8 Å². The first-order valence-electron chi connectivity index (χ1n) is 8.75. The molecule has 2 amide bonds. The van der Waals surface area contributed by atoms with Gasteiger partial charge in [-0.3, -0.25) is 24.2 Å². The van der Waals surface area contributed by atoms with E-state index in [1.54, 1.807) is 0 Å². The second-order valence-corrected chi connectivity index (χ2v) is 7.18. The number of hydrogen-bond acceptors (Lipinski definition) is 6. The van der Waals surface area contributed by atoms with E-state index in [1.807, 2.05) is 27.7 Å². The lowest BCUT2D eigenvalue weighted by molar-refractivity contribution is -0.164. The van der Waals surface area contributed by atoms with Crippen molar-refractivity contribution in [3.8, 4) is 0 Å². The Labute approximate surface area is 153 Å². The largest absolute Gasteiger partial charge is 0.494 e. The molecule has 0 aromatic carbocycles. The molecule has 1 unspecified atom stereocenters. The van der Waals surface area contributed by atoms with Crippen LogP contribution in [0.1, 0.15) is 40.5 Å². The maximum Gasteiger partial charge on any atom is 0.322 e. The van der Waals surface area contributed by atoms with Gasteiger partial charge >= 0.3 is 5.97 Å². The van der Waals surface area contributed by atoms with Gasteiger partial charge in [0.1, 0.15) is 6.54 Å². The third-order valence-corrected chi connectivity index (χ3v) is 4.05. The van der Waals surface area contributed by atoms with Crippen molar-refractivity contribution in [1.82, 2.24) is 15.1 Å². The minimum atomic E-state index is -1.38. The maximum absolute atomic E-state index is 12.6. The molecular weight excluding hydrogens is 342 g/mol. The molecule has 1 rings (SSSR count). The van der Waals surface area contributed by atoms with Crippen molar-refractivity contribution >= 4 is 17.8 Å². The number of carboxylic acids is 1. The van der Waals surface area contributed by atoms with E-state index < -0.39 is 42.1 Å². The molecule has 0 saturated heterocycles. The van der Waals surface area contributed by atoms with Gasteiger partial charge < -0.3 is 20.6 Å². The van der Waals surface area contributed by atoms with Gasteiger partial charge in [-0.1, -0.05) is 27.7 Å². The summed E-state index contributed by atoms with van der Waals surface area (Å²) in [5, 5.41) is 31.7. The number of hydrogen-bond donors (Lipinski definition) is 4. The minimum Gasteiger partial charge on any atom is -0.494 e. The lowest BCUT2D eigenvalue weighted by Crippen LogP contribution is -2.58. The number of rotatable bonds is 9. The summed E-state index contributed by atoms with van der Waals surface area (Å²) in [7, 11) is 0. The van der Waals surface area contributed by atoms with Crippen LogP contribution in [0.3, 0.4) is 0 Å². The highest BCUT2D eigenvalue weighted by molar-refractivity contribution is 6.19. The number of aliphatic hydroxyl groups is 2. The molecule has 1 aliphatic rings. The number of carbonyl (C=O) groups excluding carboxylic acids is 2. The van der Waals surface area contributed by atoms with E-state index in [0.717, 1.165) is 4.90 Å². The van der Waals surface area contributed by atoms with Crippen LogP contribution in [0.5, 0.6) is 0 Å². The Morgan fingerprint density at radius 1 is 1.08 bits per heavy atom. The van der Waals surface area contributed by atoms with Gasteiger partial charge in [0.15, 0.2) is 5.57 Å². The molecule has 0 aromatic heterocycles.